The number of hydrogen-bond acceptors (Lipinski definition) is 1. The second kappa shape index (κ2) is 4.96. The van der Waals surface area contributed by atoms with E-state index in [-0.39, 0.29) is 0 Å². The summed E-state index contributed by atoms with van der Waals surface area (Å²) in [5, 5.41) is 0. The van der Waals surface area contributed by atoms with Crippen molar-refractivity contribution in [1.82, 2.24) is 0 Å². The second-order valence-corrected chi connectivity index (χ2v) is 8.79. The van der Waals surface area contributed by atoms with Gasteiger partial charge in [-0.15, -0.1) is 0 Å². The van der Waals surface area contributed by atoms with Crippen LogP contribution in [0.3, 0.4) is 0 Å². The summed E-state index contributed by atoms with van der Waals surface area (Å²) >= 11 is 0. The number of allylic oxidation sites excluding steroid dienone is 2. The molecule has 0 N–H and O–H groups in total. The molecule has 7 atom stereocenters. The lowest BCUT2D eigenvalue weighted by Crippen LogP contribution is -2.46. The molecular weight excluding hydrogens is 256 g/mol. The largest absolute Gasteiger partial charge is 0.295 e. The average molecular weight is 286 g/mol. The smallest absolute Gasteiger partial charge is 0.155 e. The van der Waals surface area contributed by atoms with Crippen LogP contribution in [0.2, 0.25) is 0 Å². The summed E-state index contributed by atoms with van der Waals surface area (Å²) in [7, 11) is 0. The third-order valence-electron chi connectivity index (χ3n) is 7.81. The van der Waals surface area contributed by atoms with Crippen molar-refractivity contribution in [2.75, 3.05) is 0 Å². The number of hydrogen-bond donors (Lipinski definition) is 0. The van der Waals surface area contributed by atoms with Crippen LogP contribution >= 0.6 is 0 Å². The van der Waals surface area contributed by atoms with E-state index in [9.17, 15) is 4.79 Å². The topological polar surface area (TPSA) is 17.1 Å². The number of fused-ring (bicyclic) bond motifs is 5. The van der Waals surface area contributed by atoms with Crippen molar-refractivity contribution in [3.8, 4) is 0 Å². The molecule has 4 aliphatic rings. The fourth-order valence-corrected chi connectivity index (χ4v) is 6.76. The van der Waals surface area contributed by atoms with Gasteiger partial charge < -0.3 is 0 Å². The maximum absolute atomic E-state index is 11.7. The third-order valence-corrected chi connectivity index (χ3v) is 7.81. The Kier molecular flexibility index (Phi) is 3.32. The van der Waals surface area contributed by atoms with Crippen LogP contribution in [0.5, 0.6) is 0 Å². The zero-order chi connectivity index (χ0) is 14.6. The first-order valence-corrected chi connectivity index (χ1v) is 9.32. The number of rotatable bonds is 1. The van der Waals surface area contributed by atoms with E-state index >= 15 is 0 Å². The van der Waals surface area contributed by atoms with Crippen molar-refractivity contribution >= 4 is 5.78 Å². The van der Waals surface area contributed by atoms with Crippen molar-refractivity contribution in [1.29, 1.82) is 0 Å². The fraction of sp³-hybridized carbons (Fsp3) is 0.850. The summed E-state index contributed by atoms with van der Waals surface area (Å²) in [4.78, 5) is 11.7. The molecule has 3 saturated carbocycles. The normalized spacial score (nSPS) is 52.2. The average Bonchev–Trinajstić information content (AvgIpc) is 2.83. The molecule has 3 fully saturated rings. The van der Waals surface area contributed by atoms with Crippen LogP contribution in [0.25, 0.3) is 0 Å². The standard InChI is InChI=1S/C20H30O/c1-3-13-10-19-18-6-4-14-11-15(21)5-7-16(14)17(18)8-9-20(19,2)12-13/h5,7,13-14,16-19H,3-4,6,8-12H2,1-2H3/t13-,14?,16-,17+,18+,19-,20+/m0/s1. The molecule has 1 unspecified atom stereocenters. The van der Waals surface area contributed by atoms with Crippen molar-refractivity contribution < 1.29 is 4.79 Å². The lowest BCUT2D eigenvalue weighted by Gasteiger charge is -2.53. The van der Waals surface area contributed by atoms with Crippen molar-refractivity contribution in [3.63, 3.8) is 0 Å². The van der Waals surface area contributed by atoms with Crippen LogP contribution in [-0.4, -0.2) is 5.78 Å². The Balaban J connectivity index is 1.59. The van der Waals surface area contributed by atoms with Crippen LogP contribution in [0.4, 0.5) is 0 Å². The maximum atomic E-state index is 11.7. The van der Waals surface area contributed by atoms with E-state index in [1.165, 1.54) is 44.9 Å². The minimum Gasteiger partial charge on any atom is -0.295 e. The maximum Gasteiger partial charge on any atom is 0.155 e. The molecule has 0 saturated heterocycles. The monoisotopic (exact) mass is 286 g/mol. The van der Waals surface area contributed by atoms with E-state index in [1.807, 2.05) is 6.08 Å². The van der Waals surface area contributed by atoms with Gasteiger partial charge in [-0.2, -0.15) is 0 Å². The van der Waals surface area contributed by atoms with Crippen LogP contribution in [0.15, 0.2) is 12.2 Å². The van der Waals surface area contributed by atoms with E-state index < -0.39 is 0 Å². The highest BCUT2D eigenvalue weighted by molar-refractivity contribution is 5.90. The molecule has 0 amide bonds. The summed E-state index contributed by atoms with van der Waals surface area (Å²) in [6.45, 7) is 4.98. The van der Waals surface area contributed by atoms with Crippen LogP contribution in [0, 0.1) is 40.9 Å². The number of carbonyl (C=O) groups excluding carboxylic acids is 1. The molecule has 0 radical (unpaired) electrons. The summed E-state index contributed by atoms with van der Waals surface area (Å²) in [6, 6.07) is 0. The molecular formula is C20H30O. The lowest BCUT2D eigenvalue weighted by atomic mass is 9.51. The highest BCUT2D eigenvalue weighted by Gasteiger charge is 2.54. The molecule has 0 aromatic heterocycles. The Labute approximate surface area is 129 Å². The second-order valence-electron chi connectivity index (χ2n) is 8.79. The summed E-state index contributed by atoms with van der Waals surface area (Å²) in [6.07, 6.45) is 15.0. The fourth-order valence-electron chi connectivity index (χ4n) is 6.76. The first-order chi connectivity index (χ1) is 10.1. The van der Waals surface area contributed by atoms with E-state index in [1.54, 1.807) is 0 Å². The molecule has 0 heterocycles. The van der Waals surface area contributed by atoms with Gasteiger partial charge in [0.05, 0.1) is 0 Å². The predicted molar refractivity (Wildman–Crippen MR) is 85.8 cm³/mol. The first kappa shape index (κ1) is 14.0. The van der Waals surface area contributed by atoms with Crippen LogP contribution in [-0.2, 0) is 4.79 Å². The highest BCUT2D eigenvalue weighted by Crippen LogP contribution is 2.63. The zero-order valence-corrected chi connectivity index (χ0v) is 13.7. The molecule has 21 heavy (non-hydrogen) atoms. The van der Waals surface area contributed by atoms with Crippen LogP contribution in [0.1, 0.15) is 65.2 Å². The van der Waals surface area contributed by atoms with Crippen molar-refractivity contribution in [3.05, 3.63) is 12.2 Å². The van der Waals surface area contributed by atoms with E-state index in [2.05, 4.69) is 19.9 Å². The minimum atomic E-state index is 0.377. The van der Waals surface area contributed by atoms with Crippen molar-refractivity contribution in [2.45, 2.75) is 65.2 Å². The lowest BCUT2D eigenvalue weighted by molar-refractivity contribution is -0.118. The zero-order valence-electron chi connectivity index (χ0n) is 13.7. The third kappa shape index (κ3) is 2.14. The van der Waals surface area contributed by atoms with Crippen LogP contribution < -0.4 is 0 Å². The van der Waals surface area contributed by atoms with E-state index in [0.717, 1.165) is 36.0 Å². The first-order valence-electron chi connectivity index (χ1n) is 9.32. The van der Waals surface area contributed by atoms with Gasteiger partial charge >= 0.3 is 0 Å². The highest BCUT2D eigenvalue weighted by atomic mass is 16.1. The Morgan fingerprint density at radius 3 is 2.90 bits per heavy atom. The van der Waals surface area contributed by atoms with Gasteiger partial charge in [-0.05, 0) is 85.5 Å². The molecule has 0 aromatic carbocycles. The molecule has 4 rings (SSSR count). The molecule has 0 aromatic rings. The van der Waals surface area contributed by atoms with Gasteiger partial charge in [0.25, 0.3) is 0 Å². The predicted octanol–water partition coefficient (Wildman–Crippen LogP) is 5.01. The van der Waals surface area contributed by atoms with Gasteiger partial charge in [0.2, 0.25) is 0 Å². The molecule has 0 bridgehead atoms. The summed E-state index contributed by atoms with van der Waals surface area (Å²) < 4.78 is 0. The van der Waals surface area contributed by atoms with Gasteiger partial charge in [0, 0.05) is 6.42 Å². The number of carbonyl (C=O) groups is 1. The Morgan fingerprint density at radius 2 is 2.10 bits per heavy atom. The van der Waals surface area contributed by atoms with Gasteiger partial charge in [-0.25, -0.2) is 0 Å². The number of ketones is 1. The van der Waals surface area contributed by atoms with Gasteiger partial charge in [0.1, 0.15) is 0 Å². The molecule has 1 heteroatoms. The summed E-state index contributed by atoms with van der Waals surface area (Å²) in [5.41, 5.74) is 0.642. The molecule has 0 aliphatic heterocycles. The molecule has 0 spiro atoms. The Bertz CT molecular complexity index is 464. The van der Waals surface area contributed by atoms with E-state index in [0.29, 0.717) is 17.1 Å². The van der Waals surface area contributed by atoms with E-state index in [4.69, 9.17) is 0 Å². The SMILES string of the molecule is CC[C@H]1C[C@H]2[C@@H]3CCC4CC(=O)C=C[C@@H]4[C@H]3CC[C@]2(C)C1. The molecule has 1 nitrogen and oxygen atoms in total. The van der Waals surface area contributed by atoms with Gasteiger partial charge in [-0.1, -0.05) is 26.3 Å². The molecule has 116 valence electrons. The van der Waals surface area contributed by atoms with Gasteiger partial charge in [-0.3, -0.25) is 4.79 Å². The minimum absolute atomic E-state index is 0.377. The molecule has 4 aliphatic carbocycles. The quantitative estimate of drug-likeness (QED) is 0.662. The Hall–Kier alpha value is -0.590. The summed E-state index contributed by atoms with van der Waals surface area (Å²) in [5.74, 6) is 5.60. The van der Waals surface area contributed by atoms with Gasteiger partial charge in [0.15, 0.2) is 5.78 Å². The Morgan fingerprint density at radius 1 is 1.24 bits per heavy atom. The van der Waals surface area contributed by atoms with Crippen molar-refractivity contribution in [2.24, 2.45) is 40.9 Å².